The van der Waals surface area contributed by atoms with E-state index in [0.29, 0.717) is 0 Å². The van der Waals surface area contributed by atoms with E-state index in [1.54, 1.807) is 11.3 Å². The molecule has 0 amide bonds. The summed E-state index contributed by atoms with van der Waals surface area (Å²) in [4.78, 5) is 5.57. The Bertz CT molecular complexity index is 2990. The largest absolute Gasteiger partial charge is 0.331 e. The van der Waals surface area contributed by atoms with E-state index in [1.165, 1.54) is 79.6 Å². The van der Waals surface area contributed by atoms with Crippen LogP contribution in [0.5, 0.6) is 0 Å². The van der Waals surface area contributed by atoms with Crippen LogP contribution in [0.1, 0.15) is 12.5 Å². The van der Waals surface area contributed by atoms with Crippen molar-refractivity contribution >= 4 is 96.7 Å². The van der Waals surface area contributed by atoms with Crippen LogP contribution in [-0.2, 0) is 0 Å². The van der Waals surface area contributed by atoms with Crippen LogP contribution in [0, 0.1) is 0 Å². The maximum absolute atomic E-state index is 5.57. The molecule has 0 saturated carbocycles. The minimum Gasteiger partial charge on any atom is -0.331 e. The summed E-state index contributed by atoms with van der Waals surface area (Å²) in [5, 5.41) is 8.63. The van der Waals surface area contributed by atoms with Crippen LogP contribution in [0.25, 0.3) is 90.3 Å². The number of benzene rings is 6. The number of thiazole rings is 1. The van der Waals surface area contributed by atoms with Gasteiger partial charge in [-0.25, -0.2) is 4.98 Å². The van der Waals surface area contributed by atoms with Crippen LogP contribution in [0.3, 0.4) is 0 Å². The van der Waals surface area contributed by atoms with Crippen LogP contribution >= 0.6 is 22.7 Å². The minimum atomic E-state index is 0.237. The van der Waals surface area contributed by atoms with Gasteiger partial charge in [-0.2, -0.15) is 0 Å². The molecule has 3 nitrogen and oxygen atoms in total. The van der Waals surface area contributed by atoms with E-state index in [2.05, 4.69) is 155 Å². The van der Waals surface area contributed by atoms with Crippen molar-refractivity contribution in [2.24, 2.45) is 0 Å². The molecular weight excluding hydrogens is 623 g/mol. The number of nitrogens with zero attached hydrogens (tertiary/aromatic N) is 3. The number of hydrogen-bond acceptors (Lipinski definition) is 3. The minimum absolute atomic E-state index is 0.237. The molecule has 0 spiro atoms. The summed E-state index contributed by atoms with van der Waals surface area (Å²) in [6.45, 7) is 0. The van der Waals surface area contributed by atoms with Crippen molar-refractivity contribution in [3.63, 3.8) is 0 Å². The van der Waals surface area contributed by atoms with Gasteiger partial charge in [0.2, 0.25) is 0 Å². The smallest absolute Gasteiger partial charge is 0.195 e. The summed E-state index contributed by atoms with van der Waals surface area (Å²) in [7, 11) is 0. The quantitative estimate of drug-likeness (QED) is 0.187. The van der Waals surface area contributed by atoms with Gasteiger partial charge in [0, 0.05) is 47.2 Å². The van der Waals surface area contributed by atoms with Gasteiger partial charge in [-0.3, -0.25) is 4.57 Å². The first-order valence-corrected chi connectivity index (χ1v) is 18.1. The van der Waals surface area contributed by atoms with Gasteiger partial charge in [-0.1, -0.05) is 133 Å². The molecule has 0 fully saturated rings. The number of fused-ring (bicyclic) bond motifs is 12. The zero-order chi connectivity index (χ0) is 31.3. The second-order valence-corrected chi connectivity index (χ2v) is 14.7. The van der Waals surface area contributed by atoms with E-state index in [4.69, 9.17) is 4.98 Å². The third-order valence-electron chi connectivity index (χ3n) is 10.1. The second-order valence-electron chi connectivity index (χ2n) is 12.6. The number of para-hydroxylation sites is 2. The summed E-state index contributed by atoms with van der Waals surface area (Å²) in [6.07, 6.45) is 9.95. The molecule has 226 valence electrons. The van der Waals surface area contributed by atoms with Gasteiger partial charge < -0.3 is 4.57 Å². The number of thiophene rings is 1. The van der Waals surface area contributed by atoms with E-state index >= 15 is 0 Å². The summed E-state index contributed by atoms with van der Waals surface area (Å²) >= 11 is 3.67. The molecule has 1 aliphatic carbocycles. The fraction of sp³-hybridized carbons (Fsp3) is 0.0465. The maximum atomic E-state index is 5.57. The van der Waals surface area contributed by atoms with Crippen molar-refractivity contribution in [3.8, 4) is 16.3 Å². The number of rotatable bonds is 3. The topological polar surface area (TPSA) is 22.8 Å². The van der Waals surface area contributed by atoms with E-state index in [0.717, 1.165) is 17.1 Å². The molecule has 48 heavy (non-hydrogen) atoms. The Morgan fingerprint density at radius 1 is 0.583 bits per heavy atom. The van der Waals surface area contributed by atoms with Gasteiger partial charge in [-0.05, 0) is 41.8 Å². The van der Waals surface area contributed by atoms with Crippen LogP contribution < -0.4 is 0 Å². The highest BCUT2D eigenvalue weighted by Crippen LogP contribution is 2.46. The van der Waals surface area contributed by atoms with Crippen molar-refractivity contribution in [1.29, 1.82) is 0 Å². The molecule has 0 saturated heterocycles. The lowest BCUT2D eigenvalue weighted by Gasteiger charge is -2.19. The predicted molar refractivity (Wildman–Crippen MR) is 207 cm³/mol. The van der Waals surface area contributed by atoms with Gasteiger partial charge in [0.05, 0.1) is 32.8 Å². The summed E-state index contributed by atoms with van der Waals surface area (Å²) in [5.74, 6) is 0. The molecule has 1 aliphatic rings. The van der Waals surface area contributed by atoms with Crippen LogP contribution in [0.2, 0.25) is 0 Å². The van der Waals surface area contributed by atoms with Gasteiger partial charge in [0.25, 0.3) is 0 Å². The Morgan fingerprint density at radius 3 is 2.15 bits per heavy atom. The fourth-order valence-electron chi connectivity index (χ4n) is 8.04. The lowest BCUT2D eigenvalue weighted by molar-refractivity contribution is 0.648. The number of allylic oxidation sites excluding steroid dienone is 4. The first-order chi connectivity index (χ1) is 23.8. The zero-order valence-electron chi connectivity index (χ0n) is 25.8. The van der Waals surface area contributed by atoms with Gasteiger partial charge in [-0.15, -0.1) is 11.3 Å². The predicted octanol–water partition coefficient (Wildman–Crippen LogP) is 12.6. The zero-order valence-corrected chi connectivity index (χ0v) is 27.4. The summed E-state index contributed by atoms with van der Waals surface area (Å²) in [6, 6.07) is 44.6. The molecule has 4 aromatic heterocycles. The molecular formula is C43H27N3S2. The normalized spacial score (nSPS) is 15.0. The molecule has 0 radical (unpaired) electrons. The van der Waals surface area contributed by atoms with Crippen molar-refractivity contribution < 1.29 is 0 Å². The molecule has 10 aromatic rings. The van der Waals surface area contributed by atoms with E-state index in [9.17, 15) is 0 Å². The maximum Gasteiger partial charge on any atom is 0.195 e. The Hall–Kier alpha value is -5.49. The third-order valence-corrected chi connectivity index (χ3v) is 12.3. The van der Waals surface area contributed by atoms with Gasteiger partial charge in [0.15, 0.2) is 5.13 Å². The first-order valence-electron chi connectivity index (χ1n) is 16.4. The van der Waals surface area contributed by atoms with Crippen LogP contribution in [0.15, 0.2) is 146 Å². The Morgan fingerprint density at radius 2 is 1.31 bits per heavy atom. The summed E-state index contributed by atoms with van der Waals surface area (Å²) < 4.78 is 8.83. The van der Waals surface area contributed by atoms with Crippen molar-refractivity contribution in [3.05, 3.63) is 146 Å². The molecule has 11 rings (SSSR count). The van der Waals surface area contributed by atoms with Crippen LogP contribution in [0.4, 0.5) is 0 Å². The van der Waals surface area contributed by atoms with Crippen molar-refractivity contribution in [2.75, 3.05) is 0 Å². The fourth-order valence-corrected chi connectivity index (χ4v) is 10.3. The Labute approximate surface area is 283 Å². The van der Waals surface area contributed by atoms with Crippen molar-refractivity contribution in [2.45, 2.75) is 12.5 Å². The Balaban J connectivity index is 1.26. The van der Waals surface area contributed by atoms with Gasteiger partial charge >= 0.3 is 0 Å². The standard InChI is InChI=1S/C43H27N3S2/c1-3-12-26(13-4-1)28-18-11-19-33-38-36(47-42(28)33)24-25-37-39(38)44-43(48-37)46-35-21-10-8-17-30(35)32-23-22-31-29-16-7-9-20-34(29)45(40(31)41(32)46)27-14-5-2-6-15-27/h1-14,16-25,27H,15H2. The average molecular weight is 650 g/mol. The molecule has 1 unspecified atom stereocenters. The summed E-state index contributed by atoms with van der Waals surface area (Å²) in [5.41, 5.74) is 8.57. The first kappa shape index (κ1) is 26.6. The molecule has 1 atom stereocenters. The molecule has 5 heteroatoms. The molecule has 4 heterocycles. The second kappa shape index (κ2) is 10.0. The highest BCUT2D eigenvalue weighted by molar-refractivity contribution is 7.27. The monoisotopic (exact) mass is 649 g/mol. The van der Waals surface area contributed by atoms with Gasteiger partial charge in [0.1, 0.15) is 0 Å². The third kappa shape index (κ3) is 3.60. The van der Waals surface area contributed by atoms with E-state index in [1.807, 2.05) is 11.3 Å². The molecule has 0 bridgehead atoms. The Kier molecular flexibility index (Phi) is 5.54. The highest BCUT2D eigenvalue weighted by Gasteiger charge is 2.25. The van der Waals surface area contributed by atoms with Crippen LogP contribution in [-0.4, -0.2) is 14.1 Å². The highest BCUT2D eigenvalue weighted by atomic mass is 32.1. The average Bonchev–Trinajstić information content (AvgIpc) is 3.91. The lowest BCUT2D eigenvalue weighted by Crippen LogP contribution is -2.07. The number of hydrogen-bond donors (Lipinski definition) is 0. The van der Waals surface area contributed by atoms with E-state index < -0.39 is 0 Å². The van der Waals surface area contributed by atoms with Crippen molar-refractivity contribution in [1.82, 2.24) is 14.1 Å². The molecule has 0 aliphatic heterocycles. The lowest BCUT2D eigenvalue weighted by atomic mass is 10.0. The molecule has 6 aromatic carbocycles. The molecule has 0 N–H and O–H groups in total. The number of aromatic nitrogens is 3. The van der Waals surface area contributed by atoms with E-state index in [-0.39, 0.29) is 6.04 Å². The SMILES string of the molecule is C1=CCC(n2c3ccccc3c3ccc4c5ccccc5n(-c5nc6c(ccc7sc8c(-c9ccccc9)cccc8c76)s5)c4c32)C=C1.